The fourth-order valence-corrected chi connectivity index (χ4v) is 8.00. The summed E-state index contributed by atoms with van der Waals surface area (Å²) in [5, 5.41) is 7.63. The molecule has 0 bridgehead atoms. The predicted octanol–water partition coefficient (Wildman–Crippen LogP) is 2.08. The van der Waals surface area contributed by atoms with Crippen molar-refractivity contribution in [3.63, 3.8) is 0 Å². The smallest absolute Gasteiger partial charge is 0.240 e. The number of nitrogens with two attached hydrogens (primary N) is 3. The zero-order valence-corrected chi connectivity index (χ0v) is 33.2. The van der Waals surface area contributed by atoms with E-state index in [4.69, 9.17) is 17.2 Å². The molecule has 1 aliphatic heterocycles. The van der Waals surface area contributed by atoms with Crippen molar-refractivity contribution in [1.29, 1.82) is 0 Å². The Hall–Kier alpha value is -6.13. The second-order valence-corrected chi connectivity index (χ2v) is 15.6. The monoisotopic (exact) mass is 806 g/mol. The van der Waals surface area contributed by atoms with Crippen LogP contribution in [0.25, 0.3) is 21.8 Å². The predicted molar refractivity (Wildman–Crippen MR) is 222 cm³/mol. The van der Waals surface area contributed by atoms with Crippen LogP contribution in [-0.2, 0) is 48.0 Å². The van der Waals surface area contributed by atoms with E-state index in [1.54, 1.807) is 13.1 Å². The highest BCUT2D eigenvalue weighted by Gasteiger charge is 2.38. The van der Waals surface area contributed by atoms with Gasteiger partial charge >= 0.3 is 0 Å². The van der Waals surface area contributed by atoms with Gasteiger partial charge in [-0.05, 0) is 68.8 Å². The Morgan fingerprint density at radius 3 is 2.05 bits per heavy atom. The number of nitrogens with zero attached hydrogens (tertiary/aromatic N) is 2. The normalized spacial score (nSPS) is 16.8. The molecule has 1 fully saturated rings. The van der Waals surface area contributed by atoms with Crippen LogP contribution >= 0.6 is 0 Å². The maximum Gasteiger partial charge on any atom is 0.240 e. The van der Waals surface area contributed by atoms with E-state index in [0.717, 1.165) is 32.9 Å². The number of amides is 4. The van der Waals surface area contributed by atoms with E-state index in [9.17, 15) is 28.8 Å². The lowest BCUT2D eigenvalue weighted by atomic mass is 9.89. The van der Waals surface area contributed by atoms with Gasteiger partial charge in [0.1, 0.15) is 6.04 Å². The second-order valence-electron chi connectivity index (χ2n) is 15.6. The number of hydrogen-bond donors (Lipinski definition) is 8. The van der Waals surface area contributed by atoms with E-state index in [1.807, 2.05) is 60.9 Å². The number of rotatable bonds is 22. The highest BCUT2D eigenvalue weighted by molar-refractivity contribution is 5.96. The number of H-pyrrole nitrogens is 3. The maximum atomic E-state index is 14.1. The van der Waals surface area contributed by atoms with Crippen LogP contribution in [0.15, 0.2) is 73.4 Å². The molecule has 5 aromatic rings. The van der Waals surface area contributed by atoms with Crippen LogP contribution in [0, 0.1) is 11.8 Å². The molecule has 0 radical (unpaired) electrons. The lowest BCUT2D eigenvalue weighted by molar-refractivity contribution is -0.136. The first-order valence-corrected chi connectivity index (χ1v) is 20.2. The van der Waals surface area contributed by atoms with Gasteiger partial charge in [0, 0.05) is 90.2 Å². The number of nitrogens with one attached hydrogen (secondary N) is 5. The van der Waals surface area contributed by atoms with Gasteiger partial charge in [-0.2, -0.15) is 0 Å². The summed E-state index contributed by atoms with van der Waals surface area (Å²) in [6, 6.07) is 12.0. The summed E-state index contributed by atoms with van der Waals surface area (Å²) in [6.45, 7) is 2.12. The minimum absolute atomic E-state index is 0.0191. The van der Waals surface area contributed by atoms with Crippen LogP contribution in [0.5, 0.6) is 0 Å². The molecule has 6 atom stereocenters. The lowest BCUT2D eigenvalue weighted by Gasteiger charge is -2.26. The molecule has 0 aliphatic carbocycles. The molecule has 0 saturated carbocycles. The molecule has 3 aromatic heterocycles. The first-order valence-electron chi connectivity index (χ1n) is 20.2. The Bertz CT molecular complexity index is 2260. The van der Waals surface area contributed by atoms with Gasteiger partial charge < -0.3 is 47.7 Å². The number of hydrogen-bond acceptors (Lipinski definition) is 9. The SMILES string of the molecule is C[C@H](NC(=O)[C@H](CC(=O)[C@@H](N)Cc1cnc[nH]1)Cc1c[nH]c2ccccc12)C(=O)C[C@@H](Cc1c[nH]c2ccccc12)C(=O)N[C@@H]1CC(=O)N([C@@H](CCCCN)C(N)=O)C1. The zero-order valence-electron chi connectivity index (χ0n) is 33.2. The molecule has 11 N–H and O–H groups in total. The zero-order chi connectivity index (χ0) is 42.1. The fourth-order valence-electron chi connectivity index (χ4n) is 8.00. The maximum absolute atomic E-state index is 14.1. The van der Waals surface area contributed by atoms with Crippen molar-refractivity contribution in [2.75, 3.05) is 13.1 Å². The molecule has 0 unspecified atom stereocenters. The number of carbonyl (C=O) groups is 6. The summed E-state index contributed by atoms with van der Waals surface area (Å²) in [4.78, 5) is 95.9. The topological polar surface area (TPSA) is 268 Å². The minimum Gasteiger partial charge on any atom is -0.368 e. The van der Waals surface area contributed by atoms with Gasteiger partial charge in [-0.1, -0.05) is 36.4 Å². The van der Waals surface area contributed by atoms with Gasteiger partial charge in [-0.15, -0.1) is 0 Å². The standard InChI is InChI=1S/C43H54N10O6/c1-25(51-42(58)27(15-29-21-49-36-11-5-3-9-33(29)36)17-39(55)34(45)18-30-22-47-24-50-30)38(54)16-26(14-28-20-48-35-10-4-2-8-32(28)35)43(59)52-31-19-40(56)53(23-31)37(41(46)57)12-6-7-13-44/h2-5,8-11,20-22,24-27,31,34,37,48-49H,6-7,12-19,23,44-45H2,1H3,(H2,46,57)(H,47,50)(H,51,58)(H,52,59)/t25-,26+,27-,31+,34-,37-/m0/s1. The van der Waals surface area contributed by atoms with E-state index < -0.39 is 53.7 Å². The Morgan fingerprint density at radius 1 is 0.847 bits per heavy atom. The Balaban J connectivity index is 1.16. The third kappa shape index (κ3) is 10.7. The molecule has 4 heterocycles. The number of carbonyl (C=O) groups excluding carboxylic acids is 6. The van der Waals surface area contributed by atoms with Crippen molar-refractivity contribution < 1.29 is 28.8 Å². The van der Waals surface area contributed by atoms with E-state index in [1.165, 1.54) is 11.2 Å². The third-order valence-corrected chi connectivity index (χ3v) is 11.3. The van der Waals surface area contributed by atoms with Gasteiger partial charge in [0.05, 0.1) is 24.5 Å². The number of fused-ring (bicyclic) bond motifs is 2. The van der Waals surface area contributed by atoms with Crippen molar-refractivity contribution in [3.8, 4) is 0 Å². The van der Waals surface area contributed by atoms with Crippen molar-refractivity contribution in [3.05, 3.63) is 90.3 Å². The molecule has 312 valence electrons. The highest BCUT2D eigenvalue weighted by atomic mass is 16.2. The van der Waals surface area contributed by atoms with Crippen molar-refractivity contribution in [1.82, 2.24) is 35.5 Å². The first kappa shape index (κ1) is 42.5. The summed E-state index contributed by atoms with van der Waals surface area (Å²) in [5.74, 6) is -4.25. The number of aromatic nitrogens is 4. The molecule has 0 spiro atoms. The van der Waals surface area contributed by atoms with E-state index in [2.05, 4.69) is 30.6 Å². The number of unbranched alkanes of at least 4 members (excludes halogenated alkanes) is 1. The lowest BCUT2D eigenvalue weighted by Crippen LogP contribution is -2.48. The number of imidazole rings is 1. The van der Waals surface area contributed by atoms with Gasteiger partial charge in [0.25, 0.3) is 0 Å². The van der Waals surface area contributed by atoms with Gasteiger partial charge in [-0.25, -0.2) is 4.98 Å². The average molecular weight is 807 g/mol. The Kier molecular flexibility index (Phi) is 14.1. The van der Waals surface area contributed by atoms with Gasteiger partial charge in [0.15, 0.2) is 11.6 Å². The molecule has 1 saturated heterocycles. The number of ketones is 2. The van der Waals surface area contributed by atoms with Crippen LogP contribution < -0.4 is 27.8 Å². The number of likely N-dealkylation sites (tertiary alicyclic amines) is 1. The van der Waals surface area contributed by atoms with E-state index in [0.29, 0.717) is 31.5 Å². The number of aromatic amines is 3. The highest BCUT2D eigenvalue weighted by Crippen LogP contribution is 2.26. The second kappa shape index (κ2) is 19.5. The number of para-hydroxylation sites is 2. The summed E-state index contributed by atoms with van der Waals surface area (Å²) in [5.41, 5.74) is 21.7. The van der Waals surface area contributed by atoms with Crippen molar-refractivity contribution >= 4 is 57.0 Å². The van der Waals surface area contributed by atoms with Crippen molar-refractivity contribution in [2.45, 2.75) is 88.9 Å². The fraction of sp³-hybridized carbons (Fsp3) is 0.419. The summed E-state index contributed by atoms with van der Waals surface area (Å²) >= 11 is 0. The number of primary amides is 1. The van der Waals surface area contributed by atoms with Gasteiger partial charge in [-0.3, -0.25) is 28.8 Å². The average Bonchev–Trinajstić information content (AvgIpc) is 4.04. The number of Topliss-reactive ketones (excluding diaryl/α,β-unsaturated/α-hetero) is 2. The molecule has 16 nitrogen and oxygen atoms in total. The summed E-state index contributed by atoms with van der Waals surface area (Å²) < 4.78 is 0. The Labute approximate surface area is 341 Å². The number of benzene rings is 2. The quantitative estimate of drug-likeness (QED) is 0.0475. The van der Waals surface area contributed by atoms with Crippen LogP contribution in [0.2, 0.25) is 0 Å². The first-order chi connectivity index (χ1) is 28.4. The summed E-state index contributed by atoms with van der Waals surface area (Å²) in [7, 11) is 0. The third-order valence-electron chi connectivity index (χ3n) is 11.3. The van der Waals surface area contributed by atoms with Gasteiger partial charge in [0.2, 0.25) is 23.6 Å². The molecular weight excluding hydrogens is 753 g/mol. The van der Waals surface area contributed by atoms with Crippen LogP contribution in [-0.4, -0.2) is 97.3 Å². The molecule has 59 heavy (non-hydrogen) atoms. The van der Waals surface area contributed by atoms with Crippen molar-refractivity contribution in [2.24, 2.45) is 29.0 Å². The molecule has 1 aliphatic rings. The van der Waals surface area contributed by atoms with E-state index in [-0.39, 0.29) is 62.5 Å². The molecule has 2 aromatic carbocycles. The molecule has 16 heteroatoms. The van der Waals surface area contributed by atoms with Crippen LogP contribution in [0.1, 0.15) is 62.3 Å². The van der Waals surface area contributed by atoms with Crippen LogP contribution in [0.4, 0.5) is 0 Å². The molecule has 4 amide bonds. The Morgan fingerprint density at radius 2 is 1.46 bits per heavy atom. The molecule has 6 rings (SSSR count). The summed E-state index contributed by atoms with van der Waals surface area (Å²) in [6.07, 6.45) is 8.62. The van der Waals surface area contributed by atoms with E-state index >= 15 is 0 Å². The largest absolute Gasteiger partial charge is 0.368 e. The molecular formula is C43H54N10O6. The minimum atomic E-state index is -1.01. The van der Waals surface area contributed by atoms with Crippen LogP contribution in [0.3, 0.4) is 0 Å².